The average Bonchev–Trinajstić information content (AvgIpc) is 3.06. The Labute approximate surface area is 144 Å². The Morgan fingerprint density at radius 3 is 2.72 bits per heavy atom. The van der Waals surface area contributed by atoms with Crippen LogP contribution in [0.2, 0.25) is 0 Å². The van der Waals surface area contributed by atoms with Gasteiger partial charge in [-0.25, -0.2) is 14.8 Å². The van der Waals surface area contributed by atoms with Gasteiger partial charge in [0.25, 0.3) is 0 Å². The molecule has 0 aliphatic rings. The molecule has 0 aliphatic carbocycles. The number of ether oxygens (including phenoxy) is 1. The summed E-state index contributed by atoms with van der Waals surface area (Å²) in [5.74, 6) is -1.64. The van der Waals surface area contributed by atoms with Crippen LogP contribution in [0, 0.1) is 0 Å². The fourth-order valence-corrected chi connectivity index (χ4v) is 3.15. The van der Waals surface area contributed by atoms with Crippen molar-refractivity contribution in [2.24, 2.45) is 0 Å². The molecular formula is C16H11F3N2O3S. The minimum Gasteiger partial charge on any atom is -0.463 e. The highest BCUT2D eigenvalue weighted by atomic mass is 32.2. The molecule has 0 fully saturated rings. The lowest BCUT2D eigenvalue weighted by Crippen LogP contribution is -2.11. The van der Waals surface area contributed by atoms with E-state index in [1.54, 1.807) is 24.3 Å². The highest BCUT2D eigenvalue weighted by Gasteiger charge is 2.35. The van der Waals surface area contributed by atoms with Gasteiger partial charge < -0.3 is 9.15 Å². The van der Waals surface area contributed by atoms with Crippen LogP contribution in [0.25, 0.3) is 10.9 Å². The van der Waals surface area contributed by atoms with Gasteiger partial charge in [0.05, 0.1) is 18.9 Å². The monoisotopic (exact) mass is 368 g/mol. The van der Waals surface area contributed by atoms with Gasteiger partial charge in [-0.1, -0.05) is 18.2 Å². The normalized spacial score (nSPS) is 11.7. The van der Waals surface area contributed by atoms with Gasteiger partial charge in [-0.2, -0.15) is 13.2 Å². The zero-order valence-corrected chi connectivity index (χ0v) is 13.6. The van der Waals surface area contributed by atoms with Crippen molar-refractivity contribution in [3.63, 3.8) is 0 Å². The minimum absolute atomic E-state index is 0.0180. The lowest BCUT2D eigenvalue weighted by Gasteiger charge is -2.10. The van der Waals surface area contributed by atoms with E-state index in [4.69, 9.17) is 4.42 Å². The van der Waals surface area contributed by atoms with Crippen molar-refractivity contribution < 1.29 is 27.1 Å². The van der Waals surface area contributed by atoms with E-state index >= 15 is 0 Å². The zero-order valence-electron chi connectivity index (χ0n) is 12.8. The summed E-state index contributed by atoms with van der Waals surface area (Å²) >= 11 is 1.06. The van der Waals surface area contributed by atoms with Crippen LogP contribution in [0.4, 0.5) is 13.2 Å². The van der Waals surface area contributed by atoms with E-state index in [0.717, 1.165) is 11.8 Å². The van der Waals surface area contributed by atoms with Crippen molar-refractivity contribution in [2.45, 2.75) is 17.0 Å². The maximum atomic E-state index is 13.0. The number of alkyl halides is 3. The number of rotatable bonds is 4. The SMILES string of the molecule is COC(=O)c1occc1CSc1nc(C(F)(F)F)nc2ccccc12. The van der Waals surface area contributed by atoms with Gasteiger partial charge in [0, 0.05) is 16.7 Å². The van der Waals surface area contributed by atoms with E-state index in [9.17, 15) is 18.0 Å². The first-order valence-electron chi connectivity index (χ1n) is 7.01. The fourth-order valence-electron chi connectivity index (χ4n) is 2.15. The first kappa shape index (κ1) is 17.3. The summed E-state index contributed by atoms with van der Waals surface area (Å²) in [6.45, 7) is 0. The van der Waals surface area contributed by atoms with Crippen LogP contribution in [-0.2, 0) is 16.7 Å². The van der Waals surface area contributed by atoms with Gasteiger partial charge in [0.2, 0.25) is 11.6 Å². The number of halogens is 3. The molecule has 2 aromatic heterocycles. The maximum Gasteiger partial charge on any atom is 0.451 e. The van der Waals surface area contributed by atoms with Crippen molar-refractivity contribution in [1.82, 2.24) is 9.97 Å². The Hall–Kier alpha value is -2.55. The fraction of sp³-hybridized carbons (Fsp3) is 0.188. The molecule has 0 bridgehead atoms. The third-order valence-corrected chi connectivity index (χ3v) is 4.34. The molecule has 0 N–H and O–H groups in total. The van der Waals surface area contributed by atoms with Crippen molar-refractivity contribution >= 4 is 28.6 Å². The average molecular weight is 368 g/mol. The standard InChI is InChI=1S/C16H11F3N2O3S/c1-23-14(22)12-9(6-7-24-12)8-25-13-10-4-2-3-5-11(10)20-15(21-13)16(17,18)19/h2-7H,8H2,1H3. The number of aromatic nitrogens is 2. The molecule has 25 heavy (non-hydrogen) atoms. The summed E-state index contributed by atoms with van der Waals surface area (Å²) in [6, 6.07) is 8.01. The third kappa shape index (κ3) is 3.60. The first-order valence-corrected chi connectivity index (χ1v) is 8.00. The lowest BCUT2D eigenvalue weighted by atomic mass is 10.2. The number of nitrogens with zero attached hydrogens (tertiary/aromatic N) is 2. The summed E-state index contributed by atoms with van der Waals surface area (Å²) in [5, 5.41) is 0.679. The van der Waals surface area contributed by atoms with E-state index in [0.29, 0.717) is 10.9 Å². The van der Waals surface area contributed by atoms with Gasteiger partial charge in [0.1, 0.15) is 5.03 Å². The number of hydrogen-bond acceptors (Lipinski definition) is 6. The van der Waals surface area contributed by atoms with Gasteiger partial charge in [-0.15, -0.1) is 11.8 Å². The predicted molar refractivity (Wildman–Crippen MR) is 84.1 cm³/mol. The van der Waals surface area contributed by atoms with Crippen LogP contribution in [0.15, 0.2) is 46.0 Å². The summed E-state index contributed by atoms with van der Waals surface area (Å²) in [4.78, 5) is 18.8. The van der Waals surface area contributed by atoms with Crippen LogP contribution >= 0.6 is 11.8 Å². The van der Waals surface area contributed by atoms with E-state index < -0.39 is 18.0 Å². The number of methoxy groups -OCH3 is 1. The quantitative estimate of drug-likeness (QED) is 0.388. The van der Waals surface area contributed by atoms with Crippen molar-refractivity contribution in [3.8, 4) is 0 Å². The molecule has 1 aromatic carbocycles. The number of benzene rings is 1. The topological polar surface area (TPSA) is 65.2 Å². The van der Waals surface area contributed by atoms with Crippen LogP contribution in [0.1, 0.15) is 21.9 Å². The number of furan rings is 1. The van der Waals surface area contributed by atoms with Crippen LogP contribution in [0.3, 0.4) is 0 Å². The van der Waals surface area contributed by atoms with Crippen molar-refractivity contribution in [3.05, 3.63) is 53.7 Å². The molecule has 9 heteroatoms. The maximum absolute atomic E-state index is 13.0. The Morgan fingerprint density at radius 2 is 2.00 bits per heavy atom. The van der Waals surface area contributed by atoms with Crippen LogP contribution in [-0.4, -0.2) is 23.0 Å². The molecule has 0 unspecified atom stereocenters. The van der Waals surface area contributed by atoms with E-state index in [2.05, 4.69) is 14.7 Å². The second kappa shape index (κ2) is 6.75. The highest BCUT2D eigenvalue weighted by Crippen LogP contribution is 2.33. The van der Waals surface area contributed by atoms with Crippen molar-refractivity contribution in [1.29, 1.82) is 0 Å². The number of para-hydroxylation sites is 1. The Bertz CT molecular complexity index is 924. The Balaban J connectivity index is 1.96. The second-order valence-corrected chi connectivity index (χ2v) is 5.89. The minimum atomic E-state index is -4.65. The lowest BCUT2D eigenvalue weighted by molar-refractivity contribution is -0.145. The summed E-state index contributed by atoms with van der Waals surface area (Å²) in [5.41, 5.74) is 0.709. The van der Waals surface area contributed by atoms with Crippen LogP contribution in [0.5, 0.6) is 0 Å². The molecule has 0 radical (unpaired) electrons. The number of esters is 1. The van der Waals surface area contributed by atoms with Crippen molar-refractivity contribution in [2.75, 3.05) is 7.11 Å². The zero-order chi connectivity index (χ0) is 18.0. The van der Waals surface area contributed by atoms with Crippen LogP contribution < -0.4 is 0 Å². The third-order valence-electron chi connectivity index (χ3n) is 3.30. The predicted octanol–water partition coefficient (Wildman–Crippen LogP) is 4.32. The van der Waals surface area contributed by atoms with E-state index in [1.807, 2.05) is 0 Å². The van der Waals surface area contributed by atoms with Gasteiger partial charge in [-0.3, -0.25) is 0 Å². The summed E-state index contributed by atoms with van der Waals surface area (Å²) in [6.07, 6.45) is -3.33. The Kier molecular flexibility index (Phi) is 4.67. The molecule has 0 atom stereocenters. The molecule has 0 saturated carbocycles. The molecule has 130 valence electrons. The Morgan fingerprint density at radius 1 is 1.24 bits per heavy atom. The molecule has 3 aromatic rings. The van der Waals surface area contributed by atoms with Gasteiger partial charge >= 0.3 is 12.1 Å². The smallest absolute Gasteiger partial charge is 0.451 e. The van der Waals surface area contributed by atoms with E-state index in [-0.39, 0.29) is 22.1 Å². The number of thioether (sulfide) groups is 1. The highest BCUT2D eigenvalue weighted by molar-refractivity contribution is 7.98. The molecule has 3 rings (SSSR count). The molecule has 0 spiro atoms. The summed E-state index contributed by atoms with van der Waals surface area (Å²) in [7, 11) is 1.22. The number of fused-ring (bicyclic) bond motifs is 1. The number of hydrogen-bond donors (Lipinski definition) is 0. The largest absolute Gasteiger partial charge is 0.463 e. The number of carbonyl (C=O) groups is 1. The molecule has 0 aliphatic heterocycles. The molecule has 0 amide bonds. The second-order valence-electron chi connectivity index (χ2n) is 4.92. The molecule has 0 saturated heterocycles. The van der Waals surface area contributed by atoms with Gasteiger partial charge in [0.15, 0.2) is 0 Å². The molecule has 5 nitrogen and oxygen atoms in total. The molecular weight excluding hydrogens is 357 g/mol. The summed E-state index contributed by atoms with van der Waals surface area (Å²) < 4.78 is 48.7. The van der Waals surface area contributed by atoms with E-state index in [1.165, 1.54) is 19.4 Å². The van der Waals surface area contributed by atoms with Gasteiger partial charge in [-0.05, 0) is 12.1 Å². The number of carbonyl (C=O) groups excluding carboxylic acids is 1. The first-order chi connectivity index (χ1) is 11.9. The molecule has 2 heterocycles.